The second-order valence-corrected chi connectivity index (χ2v) is 6.08. The molecule has 1 aliphatic rings. The van der Waals surface area contributed by atoms with Crippen LogP contribution in [0.4, 0.5) is 4.79 Å². The predicted octanol–water partition coefficient (Wildman–Crippen LogP) is 1.20. The Bertz CT molecular complexity index is 387. The van der Waals surface area contributed by atoms with Gasteiger partial charge in [0.15, 0.2) is 0 Å². The number of Topliss-reactive ketones (excluding diaryl/α,β-unsaturated/α-hetero) is 1. The molecule has 0 bridgehead atoms. The minimum atomic E-state index is -0.960. The molecule has 1 fully saturated rings. The van der Waals surface area contributed by atoms with Crippen LogP contribution < -0.4 is 0 Å². The molecule has 0 aliphatic carbocycles. The monoisotopic (exact) mass is 270 g/mol. The Kier molecular flexibility index (Phi) is 4.55. The Morgan fingerprint density at radius 1 is 1.21 bits per heavy atom. The summed E-state index contributed by atoms with van der Waals surface area (Å²) in [6.45, 7) is 8.23. The first-order valence-corrected chi connectivity index (χ1v) is 6.39. The normalized spacial score (nSPS) is 20.3. The van der Waals surface area contributed by atoms with Crippen molar-refractivity contribution in [3.8, 4) is 0 Å². The van der Waals surface area contributed by atoms with Crippen molar-refractivity contribution in [2.75, 3.05) is 19.6 Å². The number of carbonyl (C=O) groups is 3. The number of ketones is 1. The van der Waals surface area contributed by atoms with Crippen molar-refractivity contribution >= 4 is 17.8 Å². The van der Waals surface area contributed by atoms with Crippen LogP contribution in [0.5, 0.6) is 0 Å². The summed E-state index contributed by atoms with van der Waals surface area (Å²) < 4.78 is 0. The molecule has 19 heavy (non-hydrogen) atoms. The third-order valence-electron chi connectivity index (χ3n) is 3.38. The van der Waals surface area contributed by atoms with Crippen LogP contribution in [0.15, 0.2) is 0 Å². The Labute approximate surface area is 113 Å². The first-order chi connectivity index (χ1) is 8.62. The first kappa shape index (κ1) is 15.5. The number of nitrogens with zero attached hydrogens (tertiary/aromatic N) is 2. The molecule has 0 aromatic heterocycles. The number of carbonyl (C=O) groups excluding carboxylic acids is 2. The maximum absolute atomic E-state index is 11.9. The van der Waals surface area contributed by atoms with E-state index in [0.717, 1.165) is 0 Å². The summed E-state index contributed by atoms with van der Waals surface area (Å²) in [5, 5.41) is 9.21. The average molecular weight is 270 g/mol. The standard InChI is InChI=1S/C13H22N2O4/c1-9(16)7-11(17)14-5-6-15(12(18)19)10(8-14)13(2,3)4/h10H,5-8H2,1-4H3,(H,18,19). The van der Waals surface area contributed by atoms with Crippen LogP contribution >= 0.6 is 0 Å². The number of piperazine rings is 1. The molecular formula is C13H22N2O4. The highest BCUT2D eigenvalue weighted by Gasteiger charge is 2.39. The van der Waals surface area contributed by atoms with E-state index in [1.54, 1.807) is 4.90 Å². The van der Waals surface area contributed by atoms with Crippen molar-refractivity contribution in [1.29, 1.82) is 0 Å². The molecule has 1 rings (SSSR count). The van der Waals surface area contributed by atoms with Gasteiger partial charge in [0.05, 0.1) is 12.5 Å². The van der Waals surface area contributed by atoms with Crippen LogP contribution in [0.2, 0.25) is 0 Å². The van der Waals surface area contributed by atoms with Crippen LogP contribution in [-0.2, 0) is 9.59 Å². The van der Waals surface area contributed by atoms with E-state index in [4.69, 9.17) is 0 Å². The third kappa shape index (κ3) is 3.94. The van der Waals surface area contributed by atoms with Gasteiger partial charge in [0, 0.05) is 19.6 Å². The van der Waals surface area contributed by atoms with Crippen LogP contribution in [-0.4, -0.2) is 58.4 Å². The van der Waals surface area contributed by atoms with Crippen molar-refractivity contribution in [2.45, 2.75) is 40.2 Å². The Morgan fingerprint density at radius 2 is 1.79 bits per heavy atom. The van der Waals surface area contributed by atoms with Gasteiger partial charge in [-0.1, -0.05) is 20.8 Å². The van der Waals surface area contributed by atoms with Crippen molar-refractivity contribution in [3.63, 3.8) is 0 Å². The minimum Gasteiger partial charge on any atom is -0.465 e. The van der Waals surface area contributed by atoms with E-state index in [1.807, 2.05) is 20.8 Å². The molecular weight excluding hydrogens is 248 g/mol. The van der Waals surface area contributed by atoms with E-state index < -0.39 is 6.09 Å². The highest BCUT2D eigenvalue weighted by molar-refractivity contribution is 5.96. The second kappa shape index (κ2) is 5.59. The van der Waals surface area contributed by atoms with Gasteiger partial charge in [-0.15, -0.1) is 0 Å². The van der Waals surface area contributed by atoms with E-state index in [1.165, 1.54) is 11.8 Å². The van der Waals surface area contributed by atoms with Gasteiger partial charge in [-0.3, -0.25) is 9.59 Å². The molecule has 108 valence electrons. The zero-order valence-corrected chi connectivity index (χ0v) is 12.0. The largest absolute Gasteiger partial charge is 0.465 e. The number of carboxylic acid groups (broad SMARTS) is 1. The molecule has 2 amide bonds. The topological polar surface area (TPSA) is 77.9 Å². The Balaban J connectivity index is 2.82. The van der Waals surface area contributed by atoms with Crippen LogP contribution in [0.3, 0.4) is 0 Å². The summed E-state index contributed by atoms with van der Waals surface area (Å²) >= 11 is 0. The van der Waals surface area contributed by atoms with Crippen molar-refractivity contribution in [3.05, 3.63) is 0 Å². The number of rotatable bonds is 2. The molecule has 0 radical (unpaired) electrons. The van der Waals surface area contributed by atoms with Gasteiger partial charge in [0.1, 0.15) is 5.78 Å². The molecule has 0 aromatic rings. The molecule has 1 unspecified atom stereocenters. The lowest BCUT2D eigenvalue weighted by molar-refractivity contribution is -0.138. The van der Waals surface area contributed by atoms with E-state index in [2.05, 4.69) is 0 Å². The van der Waals surface area contributed by atoms with Gasteiger partial charge in [-0.2, -0.15) is 0 Å². The molecule has 1 atom stereocenters. The Hall–Kier alpha value is -1.59. The summed E-state index contributed by atoms with van der Waals surface area (Å²) in [7, 11) is 0. The second-order valence-electron chi connectivity index (χ2n) is 6.08. The fraction of sp³-hybridized carbons (Fsp3) is 0.769. The lowest BCUT2D eigenvalue weighted by Crippen LogP contribution is -2.60. The smallest absolute Gasteiger partial charge is 0.407 e. The predicted molar refractivity (Wildman–Crippen MR) is 69.9 cm³/mol. The van der Waals surface area contributed by atoms with Crippen molar-refractivity contribution in [1.82, 2.24) is 9.80 Å². The molecule has 1 N–H and O–H groups in total. The SMILES string of the molecule is CC(=O)CC(=O)N1CCN(C(=O)O)C(C(C)(C)C)C1. The highest BCUT2D eigenvalue weighted by Crippen LogP contribution is 2.28. The number of amides is 2. The van der Waals surface area contributed by atoms with Crippen molar-refractivity contribution in [2.24, 2.45) is 5.41 Å². The van der Waals surface area contributed by atoms with Gasteiger partial charge in [0.2, 0.25) is 5.91 Å². The van der Waals surface area contributed by atoms with Crippen molar-refractivity contribution < 1.29 is 19.5 Å². The molecule has 6 heteroatoms. The maximum atomic E-state index is 11.9. The number of hydrogen-bond donors (Lipinski definition) is 1. The lowest BCUT2D eigenvalue weighted by Gasteiger charge is -2.45. The van der Waals surface area contributed by atoms with Gasteiger partial charge < -0.3 is 14.9 Å². The van der Waals surface area contributed by atoms with E-state index in [-0.39, 0.29) is 29.6 Å². The van der Waals surface area contributed by atoms with E-state index in [9.17, 15) is 19.5 Å². The molecule has 6 nitrogen and oxygen atoms in total. The zero-order chi connectivity index (χ0) is 14.8. The van der Waals surface area contributed by atoms with Crippen LogP contribution in [0.1, 0.15) is 34.1 Å². The van der Waals surface area contributed by atoms with Crippen LogP contribution in [0.25, 0.3) is 0 Å². The third-order valence-corrected chi connectivity index (χ3v) is 3.38. The summed E-state index contributed by atoms with van der Waals surface area (Å²) in [6, 6.07) is -0.255. The van der Waals surface area contributed by atoms with E-state index >= 15 is 0 Å². The zero-order valence-electron chi connectivity index (χ0n) is 12.0. The van der Waals surface area contributed by atoms with E-state index in [0.29, 0.717) is 19.6 Å². The molecule has 1 aliphatic heterocycles. The fourth-order valence-electron chi connectivity index (χ4n) is 2.30. The van der Waals surface area contributed by atoms with Gasteiger partial charge >= 0.3 is 6.09 Å². The number of hydrogen-bond acceptors (Lipinski definition) is 3. The fourth-order valence-corrected chi connectivity index (χ4v) is 2.30. The van der Waals surface area contributed by atoms with Gasteiger partial charge in [-0.25, -0.2) is 4.79 Å². The first-order valence-electron chi connectivity index (χ1n) is 6.39. The summed E-state index contributed by atoms with van der Waals surface area (Å²) in [4.78, 5) is 37.1. The Morgan fingerprint density at radius 3 is 2.21 bits per heavy atom. The van der Waals surface area contributed by atoms with Crippen LogP contribution in [0, 0.1) is 5.41 Å². The maximum Gasteiger partial charge on any atom is 0.407 e. The molecule has 0 saturated carbocycles. The quantitative estimate of drug-likeness (QED) is 0.765. The summed E-state index contributed by atoms with van der Waals surface area (Å²) in [5.41, 5.74) is -0.256. The molecule has 0 spiro atoms. The summed E-state index contributed by atoms with van der Waals surface area (Å²) in [5.74, 6) is -0.384. The lowest BCUT2D eigenvalue weighted by atomic mass is 9.84. The molecule has 1 heterocycles. The van der Waals surface area contributed by atoms with Gasteiger partial charge in [0.25, 0.3) is 0 Å². The van der Waals surface area contributed by atoms with Gasteiger partial charge in [-0.05, 0) is 12.3 Å². The average Bonchev–Trinajstić information content (AvgIpc) is 2.25. The molecule has 1 saturated heterocycles. The summed E-state index contributed by atoms with van der Waals surface area (Å²) in [6.07, 6.45) is -1.07. The minimum absolute atomic E-state index is 0.107. The highest BCUT2D eigenvalue weighted by atomic mass is 16.4. The molecule has 0 aromatic carbocycles.